The van der Waals surface area contributed by atoms with Crippen LogP contribution >= 0.6 is 0 Å². The summed E-state index contributed by atoms with van der Waals surface area (Å²) in [5.74, 6) is 1.12. The summed E-state index contributed by atoms with van der Waals surface area (Å²) in [6, 6.07) is 3.20. The third-order valence-electron chi connectivity index (χ3n) is 4.52. The van der Waals surface area contributed by atoms with Crippen LogP contribution in [-0.2, 0) is 4.74 Å². The summed E-state index contributed by atoms with van der Waals surface area (Å²) in [5, 5.41) is 0. The molecule has 0 spiro atoms. The van der Waals surface area contributed by atoms with Gasteiger partial charge in [-0.3, -0.25) is 9.69 Å². The van der Waals surface area contributed by atoms with Crippen molar-refractivity contribution in [2.45, 2.75) is 65.8 Å². The van der Waals surface area contributed by atoms with Crippen LogP contribution in [0.4, 0.5) is 10.5 Å². The van der Waals surface area contributed by atoms with Crippen molar-refractivity contribution < 1.29 is 23.8 Å². The number of hydrogen-bond donors (Lipinski definition) is 0. The van der Waals surface area contributed by atoms with Crippen molar-refractivity contribution in [1.82, 2.24) is 0 Å². The van der Waals surface area contributed by atoms with Gasteiger partial charge in [0.05, 0.1) is 25.5 Å². The van der Waals surface area contributed by atoms with Crippen LogP contribution in [0.15, 0.2) is 12.1 Å². The fourth-order valence-electron chi connectivity index (χ4n) is 3.03. The van der Waals surface area contributed by atoms with Gasteiger partial charge < -0.3 is 14.2 Å². The molecular formula is C21H31NO5. The van der Waals surface area contributed by atoms with Crippen molar-refractivity contribution in [2.75, 3.05) is 24.7 Å². The number of unbranched alkanes of at least 4 members (excludes halogenated alkanes) is 2. The zero-order chi connectivity index (χ0) is 19.8. The summed E-state index contributed by atoms with van der Waals surface area (Å²) in [7, 11) is 0. The highest BCUT2D eigenvalue weighted by Crippen LogP contribution is 2.40. The number of anilines is 1. The molecule has 0 saturated heterocycles. The Balaban J connectivity index is 2.42. The van der Waals surface area contributed by atoms with E-state index in [0.717, 1.165) is 25.7 Å². The van der Waals surface area contributed by atoms with Gasteiger partial charge in [0.15, 0.2) is 17.3 Å². The summed E-state index contributed by atoms with van der Waals surface area (Å²) >= 11 is 0. The van der Waals surface area contributed by atoms with Crippen LogP contribution in [0.5, 0.6) is 11.5 Å². The van der Waals surface area contributed by atoms with Gasteiger partial charge in [0.25, 0.3) is 0 Å². The maximum Gasteiger partial charge on any atom is 0.414 e. The zero-order valence-corrected chi connectivity index (χ0v) is 16.9. The maximum absolute atomic E-state index is 12.6. The number of rotatable bonds is 9. The topological polar surface area (TPSA) is 65.1 Å². The summed E-state index contributed by atoms with van der Waals surface area (Å²) in [6.45, 7) is 9.20. The van der Waals surface area contributed by atoms with Gasteiger partial charge in [-0.05, 0) is 32.8 Å². The lowest BCUT2D eigenvalue weighted by Gasteiger charge is -2.34. The van der Waals surface area contributed by atoms with Crippen LogP contribution in [0.1, 0.15) is 70.2 Å². The fraction of sp³-hybridized carbons (Fsp3) is 0.619. The van der Waals surface area contributed by atoms with Crippen LogP contribution in [0.2, 0.25) is 0 Å². The Bertz CT molecular complexity index is 658. The lowest BCUT2D eigenvalue weighted by Crippen LogP contribution is -2.44. The molecule has 2 rings (SSSR count). The molecule has 1 aromatic rings. The third-order valence-corrected chi connectivity index (χ3v) is 4.52. The Kier molecular flexibility index (Phi) is 7.95. The van der Waals surface area contributed by atoms with Crippen LogP contribution in [0.3, 0.4) is 0 Å². The minimum absolute atomic E-state index is 0.00139. The molecule has 1 atom stereocenters. The number of ether oxygens (including phenoxy) is 3. The first-order valence-corrected chi connectivity index (χ1v) is 9.96. The molecule has 0 radical (unpaired) electrons. The quantitative estimate of drug-likeness (QED) is 0.568. The second-order valence-electron chi connectivity index (χ2n) is 6.77. The Labute approximate surface area is 161 Å². The van der Waals surface area contributed by atoms with Crippen molar-refractivity contribution in [1.29, 1.82) is 0 Å². The molecule has 0 aromatic heterocycles. The van der Waals surface area contributed by atoms with E-state index >= 15 is 0 Å². The summed E-state index contributed by atoms with van der Waals surface area (Å²) in [5.41, 5.74) is 1.02. The monoisotopic (exact) mass is 377 g/mol. The summed E-state index contributed by atoms with van der Waals surface area (Å²) < 4.78 is 17.0. The van der Waals surface area contributed by atoms with Crippen molar-refractivity contribution in [2.24, 2.45) is 0 Å². The molecule has 1 aliphatic heterocycles. The number of benzene rings is 1. The second kappa shape index (κ2) is 10.2. The molecule has 0 bridgehead atoms. The number of nitrogens with zero attached hydrogens (tertiary/aromatic N) is 1. The smallest absolute Gasteiger partial charge is 0.414 e. The molecule has 0 saturated carbocycles. The third kappa shape index (κ3) is 5.15. The summed E-state index contributed by atoms with van der Waals surface area (Å²) in [6.07, 6.45) is 3.69. The molecule has 6 heteroatoms. The van der Waals surface area contributed by atoms with E-state index in [9.17, 15) is 9.59 Å². The van der Waals surface area contributed by atoms with Crippen LogP contribution < -0.4 is 14.4 Å². The molecule has 6 nitrogen and oxygen atoms in total. The minimum atomic E-state index is -0.446. The normalized spacial score (nSPS) is 16.1. The van der Waals surface area contributed by atoms with E-state index in [1.165, 1.54) is 0 Å². The van der Waals surface area contributed by atoms with Crippen molar-refractivity contribution in [3.63, 3.8) is 0 Å². The highest BCUT2D eigenvalue weighted by Gasteiger charge is 2.35. The highest BCUT2D eigenvalue weighted by atomic mass is 16.6. The Morgan fingerprint density at radius 2 is 1.67 bits per heavy atom. The van der Waals surface area contributed by atoms with E-state index in [1.54, 1.807) is 24.0 Å². The standard InChI is InChI=1S/C21H31NO5/c1-5-8-10-26-19-13-16-17(14-20(19)27-11-9-6-2)22(21(24)25-7-3)15(4)12-18(16)23/h13-15H,5-12H2,1-4H3. The molecular weight excluding hydrogens is 346 g/mol. The van der Waals surface area contributed by atoms with Crippen molar-refractivity contribution >= 4 is 17.6 Å². The lowest BCUT2D eigenvalue weighted by atomic mass is 9.95. The van der Waals surface area contributed by atoms with Crippen LogP contribution in [0, 0.1) is 0 Å². The molecule has 1 unspecified atom stereocenters. The first-order chi connectivity index (χ1) is 13.0. The molecule has 0 fully saturated rings. The molecule has 0 N–H and O–H groups in total. The van der Waals surface area contributed by atoms with Gasteiger partial charge in [0.2, 0.25) is 0 Å². The maximum atomic E-state index is 12.6. The van der Waals surface area contributed by atoms with Gasteiger partial charge in [0, 0.05) is 24.1 Å². The van der Waals surface area contributed by atoms with E-state index in [-0.39, 0.29) is 24.9 Å². The van der Waals surface area contributed by atoms with Gasteiger partial charge in [-0.15, -0.1) is 0 Å². The minimum Gasteiger partial charge on any atom is -0.490 e. The van der Waals surface area contributed by atoms with E-state index in [1.807, 2.05) is 6.92 Å². The molecule has 1 amide bonds. The molecule has 1 aliphatic rings. The van der Waals surface area contributed by atoms with Gasteiger partial charge in [-0.25, -0.2) is 4.79 Å². The van der Waals surface area contributed by atoms with Crippen LogP contribution in [-0.4, -0.2) is 37.7 Å². The van der Waals surface area contributed by atoms with Crippen molar-refractivity contribution in [3.8, 4) is 11.5 Å². The van der Waals surface area contributed by atoms with Gasteiger partial charge in [-0.2, -0.15) is 0 Å². The number of hydrogen-bond acceptors (Lipinski definition) is 5. The second-order valence-corrected chi connectivity index (χ2v) is 6.77. The molecule has 1 aromatic carbocycles. The van der Waals surface area contributed by atoms with Gasteiger partial charge >= 0.3 is 6.09 Å². The van der Waals surface area contributed by atoms with Crippen LogP contribution in [0.25, 0.3) is 0 Å². The van der Waals surface area contributed by atoms with E-state index < -0.39 is 6.09 Å². The average molecular weight is 377 g/mol. The van der Waals surface area contributed by atoms with Gasteiger partial charge in [-0.1, -0.05) is 26.7 Å². The molecule has 1 heterocycles. The van der Waals surface area contributed by atoms with Gasteiger partial charge in [0.1, 0.15) is 0 Å². The van der Waals surface area contributed by atoms with Crippen molar-refractivity contribution in [3.05, 3.63) is 17.7 Å². The number of ketones is 1. The molecule has 27 heavy (non-hydrogen) atoms. The number of carbonyl (C=O) groups excluding carboxylic acids is 2. The summed E-state index contributed by atoms with van der Waals surface area (Å²) in [4.78, 5) is 26.6. The molecule has 0 aliphatic carbocycles. The largest absolute Gasteiger partial charge is 0.490 e. The molecule has 150 valence electrons. The predicted molar refractivity (Wildman–Crippen MR) is 105 cm³/mol. The highest BCUT2D eigenvalue weighted by molar-refractivity contribution is 6.08. The van der Waals surface area contributed by atoms with E-state index in [0.29, 0.717) is 36.0 Å². The van der Waals surface area contributed by atoms with E-state index in [2.05, 4.69) is 13.8 Å². The lowest BCUT2D eigenvalue weighted by molar-refractivity contribution is 0.0965. The zero-order valence-electron chi connectivity index (χ0n) is 16.9. The average Bonchev–Trinajstić information content (AvgIpc) is 2.63. The predicted octanol–water partition coefficient (Wildman–Crippen LogP) is 4.98. The Morgan fingerprint density at radius 1 is 1.07 bits per heavy atom. The first-order valence-electron chi connectivity index (χ1n) is 9.96. The number of fused-ring (bicyclic) bond motifs is 1. The van der Waals surface area contributed by atoms with E-state index in [4.69, 9.17) is 14.2 Å². The first kappa shape index (κ1) is 21.1. The fourth-order valence-corrected chi connectivity index (χ4v) is 3.03. The Morgan fingerprint density at radius 3 is 2.22 bits per heavy atom. The Hall–Kier alpha value is -2.24. The number of Topliss-reactive ketones (excluding diaryl/α,β-unsaturated/α-hetero) is 1. The number of amides is 1. The SMILES string of the molecule is CCCCOc1cc2c(cc1OCCCC)N(C(=O)OCC)C(C)CC2=O. The number of carbonyl (C=O) groups is 2.